The lowest BCUT2D eigenvalue weighted by Crippen LogP contribution is -1.99. The zero-order valence-corrected chi connectivity index (χ0v) is 9.53. The van der Waals surface area contributed by atoms with Gasteiger partial charge in [0.15, 0.2) is 0 Å². The largest absolute Gasteiger partial charge is 0.478 e. The summed E-state index contributed by atoms with van der Waals surface area (Å²) in [5, 5.41) is 8.79. The van der Waals surface area contributed by atoms with E-state index in [1.165, 1.54) is 0 Å². The molecule has 0 bridgehead atoms. The minimum Gasteiger partial charge on any atom is -0.478 e. The van der Waals surface area contributed by atoms with Crippen LogP contribution < -0.4 is 0 Å². The van der Waals surface area contributed by atoms with E-state index in [4.69, 9.17) is 9.84 Å². The number of allylic oxidation sites excluding steroid dienone is 1. The van der Waals surface area contributed by atoms with Crippen LogP contribution in [0.1, 0.15) is 46.0 Å². The molecular weight excluding hydrogens is 192 g/mol. The fraction of sp³-hybridized carbons (Fsp3) is 0.750. The Balaban J connectivity index is 2.18. The van der Waals surface area contributed by atoms with E-state index in [-0.39, 0.29) is 0 Å². The molecule has 1 rings (SSSR count). The van der Waals surface area contributed by atoms with Gasteiger partial charge >= 0.3 is 5.97 Å². The van der Waals surface area contributed by atoms with Crippen molar-refractivity contribution in [3.05, 3.63) is 11.6 Å². The van der Waals surface area contributed by atoms with Gasteiger partial charge in [-0.05, 0) is 25.7 Å². The van der Waals surface area contributed by atoms with Gasteiger partial charge in [0.1, 0.15) is 0 Å². The monoisotopic (exact) mass is 212 g/mol. The number of carboxylic acid groups (broad SMARTS) is 1. The second kappa shape index (κ2) is 5.91. The van der Waals surface area contributed by atoms with E-state index in [1.54, 1.807) is 0 Å². The molecule has 86 valence electrons. The van der Waals surface area contributed by atoms with Crippen LogP contribution in [-0.2, 0) is 9.53 Å². The summed E-state index contributed by atoms with van der Waals surface area (Å²) in [4.78, 5) is 10.7. The summed E-state index contributed by atoms with van der Waals surface area (Å²) in [7, 11) is 0. The molecule has 1 fully saturated rings. The van der Waals surface area contributed by atoms with Crippen molar-refractivity contribution in [2.45, 2.75) is 58.2 Å². The Bertz CT molecular complexity index is 245. The van der Waals surface area contributed by atoms with Crippen molar-refractivity contribution < 1.29 is 14.6 Å². The molecule has 1 saturated heterocycles. The molecular formula is C12H20O3. The van der Waals surface area contributed by atoms with Gasteiger partial charge in [-0.3, -0.25) is 0 Å². The third kappa shape index (κ3) is 4.04. The van der Waals surface area contributed by atoms with Crippen molar-refractivity contribution in [3.63, 3.8) is 0 Å². The number of hydrogen-bond donors (Lipinski definition) is 1. The fourth-order valence-electron chi connectivity index (χ4n) is 1.78. The van der Waals surface area contributed by atoms with Gasteiger partial charge in [0.2, 0.25) is 0 Å². The average molecular weight is 212 g/mol. The molecule has 2 atom stereocenters. The van der Waals surface area contributed by atoms with Crippen LogP contribution in [0.4, 0.5) is 0 Å². The summed E-state index contributed by atoms with van der Waals surface area (Å²) >= 11 is 0. The van der Waals surface area contributed by atoms with E-state index < -0.39 is 5.97 Å². The maximum absolute atomic E-state index is 10.7. The summed E-state index contributed by atoms with van der Waals surface area (Å²) in [5.41, 5.74) is 0.516. The second-order valence-electron chi connectivity index (χ2n) is 3.97. The molecule has 1 aliphatic heterocycles. The summed E-state index contributed by atoms with van der Waals surface area (Å²) in [6.07, 6.45) is 7.32. The van der Waals surface area contributed by atoms with E-state index in [1.807, 2.05) is 13.0 Å². The first kappa shape index (κ1) is 12.2. The lowest BCUT2D eigenvalue weighted by Gasteiger charge is -1.96. The van der Waals surface area contributed by atoms with Gasteiger partial charge in [0.25, 0.3) is 0 Å². The van der Waals surface area contributed by atoms with Crippen molar-refractivity contribution in [1.82, 2.24) is 0 Å². The highest BCUT2D eigenvalue weighted by Crippen LogP contribution is 2.30. The number of carbonyl (C=O) groups is 1. The standard InChI is InChI=1S/C12H20O3/c1-3-6-10-11(15-10)8-5-7-9(4-2)12(13)14/h7,10-11H,3-6,8H2,1-2H3,(H,13,14). The van der Waals surface area contributed by atoms with Crippen LogP contribution in [0.3, 0.4) is 0 Å². The minimum absolute atomic E-state index is 0.383. The van der Waals surface area contributed by atoms with Crippen molar-refractivity contribution in [2.24, 2.45) is 0 Å². The molecule has 0 spiro atoms. The summed E-state index contributed by atoms with van der Waals surface area (Å²) in [5.74, 6) is -0.792. The first-order chi connectivity index (χ1) is 7.19. The Hall–Kier alpha value is -0.830. The van der Waals surface area contributed by atoms with Crippen LogP contribution in [0.15, 0.2) is 11.6 Å². The predicted molar refractivity (Wildman–Crippen MR) is 58.8 cm³/mol. The highest BCUT2D eigenvalue weighted by Gasteiger charge is 2.36. The zero-order chi connectivity index (χ0) is 11.3. The van der Waals surface area contributed by atoms with Crippen LogP contribution in [0.25, 0.3) is 0 Å². The molecule has 15 heavy (non-hydrogen) atoms. The molecule has 1 aliphatic rings. The predicted octanol–water partition coefficient (Wildman–Crippen LogP) is 2.76. The molecule has 0 radical (unpaired) electrons. The summed E-state index contributed by atoms with van der Waals surface area (Å²) in [6, 6.07) is 0. The zero-order valence-electron chi connectivity index (χ0n) is 9.53. The molecule has 2 unspecified atom stereocenters. The highest BCUT2D eigenvalue weighted by molar-refractivity contribution is 5.86. The van der Waals surface area contributed by atoms with Gasteiger partial charge in [-0.1, -0.05) is 26.3 Å². The van der Waals surface area contributed by atoms with Crippen molar-refractivity contribution in [3.8, 4) is 0 Å². The van der Waals surface area contributed by atoms with E-state index in [9.17, 15) is 4.79 Å². The number of hydrogen-bond acceptors (Lipinski definition) is 2. The molecule has 0 saturated carbocycles. The molecule has 0 aromatic heterocycles. The normalized spacial score (nSPS) is 25.3. The molecule has 3 nitrogen and oxygen atoms in total. The highest BCUT2D eigenvalue weighted by atomic mass is 16.6. The lowest BCUT2D eigenvalue weighted by molar-refractivity contribution is -0.132. The second-order valence-corrected chi connectivity index (χ2v) is 3.97. The number of aliphatic carboxylic acids is 1. The number of rotatable bonds is 7. The fourth-order valence-corrected chi connectivity index (χ4v) is 1.78. The molecule has 1 N–H and O–H groups in total. The van der Waals surface area contributed by atoms with Gasteiger partial charge < -0.3 is 9.84 Å². The smallest absolute Gasteiger partial charge is 0.331 e. The van der Waals surface area contributed by atoms with E-state index >= 15 is 0 Å². The Morgan fingerprint density at radius 1 is 1.33 bits per heavy atom. The lowest BCUT2D eigenvalue weighted by atomic mass is 10.1. The van der Waals surface area contributed by atoms with E-state index in [0.717, 1.165) is 25.7 Å². The minimum atomic E-state index is -0.792. The van der Waals surface area contributed by atoms with E-state index in [0.29, 0.717) is 24.2 Å². The van der Waals surface area contributed by atoms with Crippen LogP contribution in [0, 0.1) is 0 Å². The molecule has 0 aromatic rings. The SMILES string of the molecule is CCCC1OC1CCC=C(CC)C(=O)O. The van der Waals surface area contributed by atoms with Crippen molar-refractivity contribution in [1.29, 1.82) is 0 Å². The third-order valence-corrected chi connectivity index (χ3v) is 2.76. The quantitative estimate of drug-likeness (QED) is 0.521. The first-order valence-corrected chi connectivity index (χ1v) is 5.76. The van der Waals surface area contributed by atoms with Gasteiger partial charge in [-0.25, -0.2) is 4.79 Å². The first-order valence-electron chi connectivity index (χ1n) is 5.76. The Labute approximate surface area is 91.1 Å². The van der Waals surface area contributed by atoms with Crippen LogP contribution in [-0.4, -0.2) is 23.3 Å². The van der Waals surface area contributed by atoms with E-state index in [2.05, 4.69) is 6.92 Å². The van der Waals surface area contributed by atoms with Crippen LogP contribution >= 0.6 is 0 Å². The van der Waals surface area contributed by atoms with Crippen LogP contribution in [0.5, 0.6) is 0 Å². The van der Waals surface area contributed by atoms with Crippen molar-refractivity contribution >= 4 is 5.97 Å². The molecule has 0 aliphatic carbocycles. The summed E-state index contributed by atoms with van der Waals surface area (Å²) < 4.78 is 5.46. The van der Waals surface area contributed by atoms with Gasteiger partial charge in [-0.2, -0.15) is 0 Å². The summed E-state index contributed by atoms with van der Waals surface area (Å²) in [6.45, 7) is 4.02. The Morgan fingerprint density at radius 3 is 2.53 bits per heavy atom. The topological polar surface area (TPSA) is 49.8 Å². The molecule has 3 heteroatoms. The van der Waals surface area contributed by atoms with Gasteiger partial charge in [0, 0.05) is 5.57 Å². The maximum atomic E-state index is 10.7. The number of carboxylic acids is 1. The number of ether oxygens (including phenoxy) is 1. The maximum Gasteiger partial charge on any atom is 0.331 e. The van der Waals surface area contributed by atoms with Gasteiger partial charge in [0.05, 0.1) is 12.2 Å². The third-order valence-electron chi connectivity index (χ3n) is 2.76. The van der Waals surface area contributed by atoms with Gasteiger partial charge in [-0.15, -0.1) is 0 Å². The van der Waals surface area contributed by atoms with Crippen LogP contribution in [0.2, 0.25) is 0 Å². The van der Waals surface area contributed by atoms with Crippen molar-refractivity contribution in [2.75, 3.05) is 0 Å². The molecule has 0 amide bonds. The Morgan fingerprint density at radius 2 is 2.00 bits per heavy atom. The molecule has 0 aromatic carbocycles. The molecule has 1 heterocycles. The number of epoxide rings is 1. The Kier molecular flexibility index (Phi) is 4.82. The average Bonchev–Trinajstić information content (AvgIpc) is 2.91.